The Kier molecular flexibility index (Phi) is 3.00. The second-order valence-electron chi connectivity index (χ2n) is 3.92. The molecule has 1 rings (SSSR count). The molecule has 5 heteroatoms. The number of carbonyl (C=O) groups excluding carboxylic acids is 1. The predicted octanol–water partition coefficient (Wildman–Crippen LogP) is 0.670. The van der Waals surface area contributed by atoms with Gasteiger partial charge in [0.05, 0.1) is 18.2 Å². The van der Waals surface area contributed by atoms with Crippen LogP contribution in [-0.4, -0.2) is 34.5 Å². The summed E-state index contributed by atoms with van der Waals surface area (Å²) < 4.78 is 6.49. The van der Waals surface area contributed by atoms with E-state index in [4.69, 9.17) is 4.74 Å². The highest BCUT2D eigenvalue weighted by Crippen LogP contribution is 2.20. The van der Waals surface area contributed by atoms with Crippen LogP contribution in [0.1, 0.15) is 24.3 Å². The first-order valence-electron chi connectivity index (χ1n) is 4.37. The van der Waals surface area contributed by atoms with Gasteiger partial charge in [-0.05, 0) is 0 Å². The molecule has 78 valence electrons. The molecule has 0 amide bonds. The first kappa shape index (κ1) is 10.8. The smallest absolute Gasteiger partial charge is 0.192 e. The maximum atomic E-state index is 11.9. The number of hydrogen-bond acceptors (Lipinski definition) is 4. The summed E-state index contributed by atoms with van der Waals surface area (Å²) in [7, 11) is 3.30. The van der Waals surface area contributed by atoms with Gasteiger partial charge in [0.15, 0.2) is 5.78 Å². The normalized spacial score (nSPS) is 11.7. The second kappa shape index (κ2) is 3.88. The topological polar surface area (TPSA) is 57.0 Å². The number of aryl methyl sites for hydroxylation is 1. The highest BCUT2D eigenvalue weighted by Gasteiger charge is 2.30. The van der Waals surface area contributed by atoms with E-state index in [0.717, 1.165) is 0 Å². The molecule has 0 aromatic carbocycles. The first-order valence-corrected chi connectivity index (χ1v) is 4.37. The Morgan fingerprint density at radius 3 is 2.71 bits per heavy atom. The SMILES string of the molecule is COCC(C)(C)C(=O)c1cn(C)nn1. The zero-order valence-corrected chi connectivity index (χ0v) is 8.94. The van der Waals surface area contributed by atoms with Gasteiger partial charge in [-0.3, -0.25) is 9.48 Å². The van der Waals surface area contributed by atoms with Crippen molar-refractivity contribution < 1.29 is 9.53 Å². The number of nitrogens with zero attached hydrogens (tertiary/aromatic N) is 3. The molecule has 0 saturated heterocycles. The van der Waals surface area contributed by atoms with E-state index in [1.165, 1.54) is 4.68 Å². The molecule has 0 spiro atoms. The van der Waals surface area contributed by atoms with Gasteiger partial charge < -0.3 is 4.74 Å². The van der Waals surface area contributed by atoms with Crippen molar-refractivity contribution in [2.45, 2.75) is 13.8 Å². The van der Waals surface area contributed by atoms with Gasteiger partial charge in [0.2, 0.25) is 0 Å². The van der Waals surface area contributed by atoms with Crippen molar-refractivity contribution in [3.05, 3.63) is 11.9 Å². The zero-order valence-electron chi connectivity index (χ0n) is 8.94. The van der Waals surface area contributed by atoms with Gasteiger partial charge in [-0.2, -0.15) is 0 Å². The van der Waals surface area contributed by atoms with Crippen molar-refractivity contribution in [2.24, 2.45) is 12.5 Å². The molecule has 0 radical (unpaired) electrons. The molecule has 1 aromatic heterocycles. The quantitative estimate of drug-likeness (QED) is 0.666. The molecule has 1 aromatic rings. The fourth-order valence-electron chi connectivity index (χ4n) is 1.22. The lowest BCUT2D eigenvalue weighted by Gasteiger charge is -2.19. The van der Waals surface area contributed by atoms with Crippen LogP contribution < -0.4 is 0 Å². The molecule has 0 bridgehead atoms. The van der Waals surface area contributed by atoms with Crippen molar-refractivity contribution in [3.8, 4) is 0 Å². The molecule has 14 heavy (non-hydrogen) atoms. The van der Waals surface area contributed by atoms with Gasteiger partial charge in [0.1, 0.15) is 5.69 Å². The Balaban J connectivity index is 2.84. The highest BCUT2D eigenvalue weighted by molar-refractivity contribution is 5.98. The maximum absolute atomic E-state index is 11.9. The summed E-state index contributed by atoms with van der Waals surface area (Å²) in [6.45, 7) is 4.03. The fraction of sp³-hybridized carbons (Fsp3) is 0.667. The van der Waals surface area contributed by atoms with E-state index >= 15 is 0 Å². The van der Waals surface area contributed by atoms with Crippen LogP contribution >= 0.6 is 0 Å². The third-order valence-corrected chi connectivity index (χ3v) is 1.96. The Morgan fingerprint density at radius 2 is 2.29 bits per heavy atom. The van der Waals surface area contributed by atoms with Gasteiger partial charge in [0.25, 0.3) is 0 Å². The van der Waals surface area contributed by atoms with Gasteiger partial charge >= 0.3 is 0 Å². The third kappa shape index (κ3) is 2.17. The minimum Gasteiger partial charge on any atom is -0.384 e. The van der Waals surface area contributed by atoms with Gasteiger partial charge in [-0.1, -0.05) is 19.1 Å². The summed E-state index contributed by atoms with van der Waals surface area (Å²) in [6, 6.07) is 0. The van der Waals surface area contributed by atoms with E-state index in [1.807, 2.05) is 13.8 Å². The van der Waals surface area contributed by atoms with E-state index in [9.17, 15) is 4.79 Å². The Labute approximate surface area is 83.1 Å². The Bertz CT molecular complexity index is 331. The van der Waals surface area contributed by atoms with Crippen molar-refractivity contribution in [1.29, 1.82) is 0 Å². The fourth-order valence-corrected chi connectivity index (χ4v) is 1.22. The lowest BCUT2D eigenvalue weighted by molar-refractivity contribution is 0.0626. The Morgan fingerprint density at radius 1 is 1.64 bits per heavy atom. The highest BCUT2D eigenvalue weighted by atomic mass is 16.5. The van der Waals surface area contributed by atoms with Crippen molar-refractivity contribution >= 4 is 5.78 Å². The Hall–Kier alpha value is -1.23. The summed E-state index contributed by atoms with van der Waals surface area (Å²) in [5.74, 6) is -0.0487. The minimum absolute atomic E-state index is 0.0487. The first-order chi connectivity index (χ1) is 6.47. The minimum atomic E-state index is -0.551. The number of methoxy groups -OCH3 is 1. The lowest BCUT2D eigenvalue weighted by Crippen LogP contribution is -2.29. The molecule has 0 saturated carbocycles. The molecule has 0 aliphatic rings. The van der Waals surface area contributed by atoms with Gasteiger partial charge in [-0.15, -0.1) is 5.10 Å². The molecule has 5 nitrogen and oxygen atoms in total. The molecular formula is C9H15N3O2. The van der Waals surface area contributed by atoms with Crippen LogP contribution in [0.15, 0.2) is 6.20 Å². The van der Waals surface area contributed by atoms with Crippen LogP contribution in [-0.2, 0) is 11.8 Å². The van der Waals surface area contributed by atoms with Crippen LogP contribution in [0.4, 0.5) is 0 Å². The third-order valence-electron chi connectivity index (χ3n) is 1.96. The molecule has 0 aliphatic carbocycles. The van der Waals surface area contributed by atoms with Gasteiger partial charge in [-0.25, -0.2) is 0 Å². The number of rotatable bonds is 4. The standard InChI is InChI=1S/C9H15N3O2/c1-9(2,6-14-4)8(13)7-5-12(3)11-10-7/h5H,6H2,1-4H3. The molecule has 1 heterocycles. The summed E-state index contributed by atoms with van der Waals surface area (Å²) in [4.78, 5) is 11.9. The van der Waals surface area contributed by atoms with Crippen LogP contribution in [0.5, 0.6) is 0 Å². The van der Waals surface area contributed by atoms with Crippen LogP contribution in [0, 0.1) is 5.41 Å². The number of hydrogen-bond donors (Lipinski definition) is 0. The average molecular weight is 197 g/mol. The molecule has 0 unspecified atom stereocenters. The van der Waals surface area contributed by atoms with E-state index in [0.29, 0.717) is 12.3 Å². The van der Waals surface area contributed by atoms with Crippen LogP contribution in [0.2, 0.25) is 0 Å². The second-order valence-corrected chi connectivity index (χ2v) is 3.92. The van der Waals surface area contributed by atoms with E-state index < -0.39 is 5.41 Å². The number of carbonyl (C=O) groups is 1. The summed E-state index contributed by atoms with van der Waals surface area (Å²) in [5.41, 5.74) is -0.167. The monoisotopic (exact) mass is 197 g/mol. The lowest BCUT2D eigenvalue weighted by atomic mass is 9.87. The maximum Gasteiger partial charge on any atom is 0.192 e. The van der Waals surface area contributed by atoms with Crippen molar-refractivity contribution in [3.63, 3.8) is 0 Å². The summed E-state index contributed by atoms with van der Waals surface area (Å²) in [6.07, 6.45) is 1.61. The average Bonchev–Trinajstić information content (AvgIpc) is 2.50. The number of ketones is 1. The predicted molar refractivity (Wildman–Crippen MR) is 51.0 cm³/mol. The van der Waals surface area contributed by atoms with E-state index in [1.54, 1.807) is 20.4 Å². The summed E-state index contributed by atoms with van der Waals surface area (Å²) >= 11 is 0. The molecule has 0 N–H and O–H groups in total. The molecular weight excluding hydrogens is 182 g/mol. The molecule has 0 fully saturated rings. The van der Waals surface area contributed by atoms with Crippen LogP contribution in [0.25, 0.3) is 0 Å². The van der Waals surface area contributed by atoms with E-state index in [-0.39, 0.29) is 5.78 Å². The number of Topliss-reactive ketones (excluding diaryl/α,β-unsaturated/α-hetero) is 1. The van der Waals surface area contributed by atoms with Crippen molar-refractivity contribution in [2.75, 3.05) is 13.7 Å². The molecule has 0 aliphatic heterocycles. The van der Waals surface area contributed by atoms with Gasteiger partial charge in [0, 0.05) is 14.2 Å². The van der Waals surface area contributed by atoms with Crippen LogP contribution in [0.3, 0.4) is 0 Å². The zero-order chi connectivity index (χ0) is 10.8. The molecule has 0 atom stereocenters. The number of ether oxygens (including phenoxy) is 1. The van der Waals surface area contributed by atoms with E-state index in [2.05, 4.69) is 10.3 Å². The number of aromatic nitrogens is 3. The largest absolute Gasteiger partial charge is 0.384 e. The van der Waals surface area contributed by atoms with Crippen molar-refractivity contribution in [1.82, 2.24) is 15.0 Å². The summed E-state index contributed by atoms with van der Waals surface area (Å²) in [5, 5.41) is 7.49.